The Morgan fingerprint density at radius 1 is 1.29 bits per heavy atom. The van der Waals surface area contributed by atoms with Gasteiger partial charge < -0.3 is 5.73 Å². The second kappa shape index (κ2) is 9.94. The monoisotopic (exact) mass is 226 g/mol. The van der Waals surface area contributed by atoms with Gasteiger partial charge in [0.25, 0.3) is 0 Å². The molecule has 0 unspecified atom stereocenters. The molecule has 0 spiro atoms. The van der Waals surface area contributed by atoms with Crippen LogP contribution < -0.4 is 5.73 Å². The molecule has 0 saturated heterocycles. The quantitative estimate of drug-likeness (QED) is 0.488. The Kier molecular flexibility index (Phi) is 8.42. The summed E-state index contributed by atoms with van der Waals surface area (Å²) in [5, 5.41) is 8.19. The molecular weight excluding hydrogens is 212 g/mol. The summed E-state index contributed by atoms with van der Waals surface area (Å²) in [7, 11) is 0. The summed E-state index contributed by atoms with van der Waals surface area (Å²) in [6, 6.07) is 11.9. The van der Waals surface area contributed by atoms with E-state index < -0.39 is 5.91 Å². The second-order valence-electron chi connectivity index (χ2n) is 2.86. The largest absolute Gasteiger partial charge is 0.366 e. The van der Waals surface area contributed by atoms with Crippen molar-refractivity contribution in [3.05, 3.63) is 66.8 Å². The number of nitrogens with two attached hydrogens (primary N) is 1. The highest BCUT2D eigenvalue weighted by atomic mass is 16.1. The van der Waals surface area contributed by atoms with Gasteiger partial charge >= 0.3 is 0 Å². The molecule has 0 aromatic heterocycles. The predicted octanol–water partition coefficient (Wildman–Crippen LogP) is 2.44. The molecule has 3 nitrogen and oxygen atoms in total. The number of primary amides is 1. The lowest BCUT2D eigenvalue weighted by molar-refractivity contribution is -0.113. The summed E-state index contributed by atoms with van der Waals surface area (Å²) in [5.74, 6) is -0.481. The minimum atomic E-state index is -0.481. The summed E-state index contributed by atoms with van der Waals surface area (Å²) >= 11 is 0. The lowest BCUT2D eigenvalue weighted by Crippen LogP contribution is -2.04. The van der Waals surface area contributed by atoms with Gasteiger partial charge in [-0.05, 0) is 11.6 Å². The maximum absolute atomic E-state index is 9.47. The molecule has 0 fully saturated rings. The topological polar surface area (TPSA) is 66.9 Å². The number of nitriles is 1. The molecule has 0 aliphatic carbocycles. The Morgan fingerprint density at radius 3 is 2.35 bits per heavy atom. The number of benzene rings is 1. The third-order valence-electron chi connectivity index (χ3n) is 1.57. The van der Waals surface area contributed by atoms with Crippen LogP contribution in [0.5, 0.6) is 0 Å². The first-order chi connectivity index (χ1) is 8.20. The highest BCUT2D eigenvalue weighted by molar-refractivity contribution is 5.84. The van der Waals surface area contributed by atoms with E-state index in [1.807, 2.05) is 48.6 Å². The van der Waals surface area contributed by atoms with E-state index in [9.17, 15) is 4.79 Å². The van der Waals surface area contributed by atoms with Crippen molar-refractivity contribution in [3.63, 3.8) is 0 Å². The van der Waals surface area contributed by atoms with Gasteiger partial charge in [-0.25, -0.2) is 0 Å². The Labute approximate surface area is 101 Å². The third-order valence-corrected chi connectivity index (χ3v) is 1.57. The van der Waals surface area contributed by atoms with E-state index in [1.54, 1.807) is 6.08 Å². The van der Waals surface area contributed by atoms with Crippen molar-refractivity contribution in [2.24, 2.45) is 5.73 Å². The molecule has 1 aromatic rings. The van der Waals surface area contributed by atoms with Gasteiger partial charge in [0, 0.05) is 6.08 Å². The third kappa shape index (κ3) is 9.70. The van der Waals surface area contributed by atoms with E-state index in [0.717, 1.165) is 11.6 Å². The summed E-state index contributed by atoms with van der Waals surface area (Å²) in [5.41, 5.74) is 5.67. The smallest absolute Gasteiger partial charge is 0.240 e. The van der Waals surface area contributed by atoms with Gasteiger partial charge in [0.15, 0.2) is 0 Å². The van der Waals surface area contributed by atoms with Crippen LogP contribution in [0.25, 0.3) is 6.08 Å². The van der Waals surface area contributed by atoms with Crippen molar-refractivity contribution in [2.75, 3.05) is 0 Å². The maximum atomic E-state index is 9.47. The number of carbonyl (C=O) groups is 1. The fourth-order valence-corrected chi connectivity index (χ4v) is 0.829. The zero-order valence-electron chi connectivity index (χ0n) is 9.41. The first-order valence-electron chi connectivity index (χ1n) is 4.90. The lowest BCUT2D eigenvalue weighted by Gasteiger charge is -1.87. The van der Waals surface area contributed by atoms with Crippen LogP contribution in [0, 0.1) is 11.3 Å². The van der Waals surface area contributed by atoms with Gasteiger partial charge in [-0.15, -0.1) is 0 Å². The molecule has 86 valence electrons. The molecule has 0 saturated carbocycles. The zero-order chi connectivity index (χ0) is 12.9. The molecule has 1 rings (SSSR count). The maximum Gasteiger partial charge on any atom is 0.240 e. The van der Waals surface area contributed by atoms with Crippen LogP contribution in [0.3, 0.4) is 0 Å². The van der Waals surface area contributed by atoms with Gasteiger partial charge in [0.05, 0.1) is 6.07 Å². The number of carbonyl (C=O) groups excluding carboxylic acids is 1. The van der Waals surface area contributed by atoms with E-state index >= 15 is 0 Å². The summed E-state index contributed by atoms with van der Waals surface area (Å²) < 4.78 is 0. The van der Waals surface area contributed by atoms with Crippen LogP contribution in [0.2, 0.25) is 0 Å². The first kappa shape index (κ1) is 14.4. The average molecular weight is 226 g/mol. The molecule has 2 N–H and O–H groups in total. The SMILES string of the molecule is C=CC(N)=O.N#CC=CC=Cc1ccccc1. The predicted molar refractivity (Wildman–Crippen MR) is 69.6 cm³/mol. The van der Waals surface area contributed by atoms with Crippen LogP contribution >= 0.6 is 0 Å². The lowest BCUT2D eigenvalue weighted by atomic mass is 10.2. The van der Waals surface area contributed by atoms with Crippen molar-refractivity contribution in [1.29, 1.82) is 5.26 Å². The fourth-order valence-electron chi connectivity index (χ4n) is 0.829. The van der Waals surface area contributed by atoms with Gasteiger partial charge in [-0.1, -0.05) is 55.1 Å². The van der Waals surface area contributed by atoms with E-state index in [1.165, 1.54) is 6.08 Å². The van der Waals surface area contributed by atoms with Crippen LogP contribution in [0.1, 0.15) is 5.56 Å². The number of amides is 1. The summed E-state index contributed by atoms with van der Waals surface area (Å²) in [6.45, 7) is 3.09. The van der Waals surface area contributed by atoms with Crippen molar-refractivity contribution in [1.82, 2.24) is 0 Å². The highest BCUT2D eigenvalue weighted by Gasteiger charge is 1.78. The van der Waals surface area contributed by atoms with Gasteiger partial charge in [-0.3, -0.25) is 4.79 Å². The highest BCUT2D eigenvalue weighted by Crippen LogP contribution is 2.00. The average Bonchev–Trinajstić information content (AvgIpc) is 2.37. The minimum Gasteiger partial charge on any atom is -0.366 e. The second-order valence-corrected chi connectivity index (χ2v) is 2.86. The summed E-state index contributed by atoms with van der Waals surface area (Å²) in [6.07, 6.45) is 8.01. The molecule has 0 bridgehead atoms. The van der Waals surface area contributed by atoms with E-state index in [-0.39, 0.29) is 0 Å². The number of allylic oxidation sites excluding steroid dienone is 3. The number of hydrogen-bond donors (Lipinski definition) is 1. The molecule has 1 amide bonds. The Bertz CT molecular complexity index is 439. The van der Waals surface area contributed by atoms with Crippen LogP contribution in [-0.4, -0.2) is 5.91 Å². The van der Waals surface area contributed by atoms with Crippen molar-refractivity contribution >= 4 is 12.0 Å². The fraction of sp³-hybridized carbons (Fsp3) is 0. The Balaban J connectivity index is 0.000000437. The van der Waals surface area contributed by atoms with Gasteiger partial charge in [0.2, 0.25) is 5.91 Å². The van der Waals surface area contributed by atoms with E-state index in [4.69, 9.17) is 5.26 Å². The Morgan fingerprint density at radius 2 is 1.88 bits per heavy atom. The van der Waals surface area contributed by atoms with Crippen LogP contribution in [-0.2, 0) is 4.79 Å². The summed E-state index contributed by atoms with van der Waals surface area (Å²) in [4.78, 5) is 9.47. The number of rotatable bonds is 3. The molecule has 0 radical (unpaired) electrons. The molecule has 0 atom stereocenters. The number of hydrogen-bond acceptors (Lipinski definition) is 2. The normalized spacial score (nSPS) is 9.35. The molecule has 3 heteroatoms. The van der Waals surface area contributed by atoms with Gasteiger partial charge in [0.1, 0.15) is 0 Å². The Hall–Kier alpha value is -2.60. The van der Waals surface area contributed by atoms with E-state index in [2.05, 4.69) is 12.3 Å². The molecule has 0 aliphatic rings. The van der Waals surface area contributed by atoms with Gasteiger partial charge in [-0.2, -0.15) is 5.26 Å². The van der Waals surface area contributed by atoms with E-state index in [0.29, 0.717) is 0 Å². The van der Waals surface area contributed by atoms with Crippen LogP contribution in [0.15, 0.2) is 61.2 Å². The standard InChI is InChI=1S/C11H9N.C3H5NO/c12-10-6-2-5-9-11-7-3-1-4-8-11;1-2-3(4)5/h1-9H;2H,1H2,(H2,4,5). The van der Waals surface area contributed by atoms with Crippen molar-refractivity contribution in [3.8, 4) is 6.07 Å². The van der Waals surface area contributed by atoms with Crippen molar-refractivity contribution < 1.29 is 4.79 Å². The number of nitrogens with zero attached hydrogens (tertiary/aromatic N) is 1. The molecule has 17 heavy (non-hydrogen) atoms. The zero-order valence-corrected chi connectivity index (χ0v) is 9.41. The van der Waals surface area contributed by atoms with Crippen molar-refractivity contribution in [2.45, 2.75) is 0 Å². The van der Waals surface area contributed by atoms with Crippen LogP contribution in [0.4, 0.5) is 0 Å². The molecular formula is C14H14N2O. The molecule has 0 heterocycles. The molecule has 1 aromatic carbocycles. The molecule has 0 aliphatic heterocycles. The minimum absolute atomic E-state index is 0.481. The first-order valence-corrected chi connectivity index (χ1v) is 4.90.